The van der Waals surface area contributed by atoms with Gasteiger partial charge in [-0.15, -0.1) is 11.8 Å². The maximum atomic E-state index is 12.6. The molecule has 0 aliphatic carbocycles. The Balaban J connectivity index is 1.42. The van der Waals surface area contributed by atoms with E-state index in [1.165, 1.54) is 22.3 Å². The molecule has 9 heteroatoms. The molecule has 0 radical (unpaired) electrons. The summed E-state index contributed by atoms with van der Waals surface area (Å²) in [6, 6.07) is 16.6. The lowest BCUT2D eigenvalue weighted by Crippen LogP contribution is -2.21. The first-order valence-corrected chi connectivity index (χ1v) is 11.7. The van der Waals surface area contributed by atoms with Crippen LogP contribution in [0.2, 0.25) is 0 Å². The Morgan fingerprint density at radius 1 is 1.15 bits per heavy atom. The van der Waals surface area contributed by atoms with E-state index < -0.39 is 0 Å². The van der Waals surface area contributed by atoms with Crippen LogP contribution in [0.3, 0.4) is 0 Å². The topological polar surface area (TPSA) is 90.5 Å². The van der Waals surface area contributed by atoms with Gasteiger partial charge in [0.2, 0.25) is 0 Å². The second kappa shape index (κ2) is 10.4. The molecule has 2 aromatic heterocycles. The summed E-state index contributed by atoms with van der Waals surface area (Å²) in [7, 11) is 0. The number of benzene rings is 2. The molecule has 0 unspecified atom stereocenters. The van der Waals surface area contributed by atoms with Gasteiger partial charge in [-0.1, -0.05) is 37.3 Å². The van der Waals surface area contributed by atoms with E-state index in [1.807, 2.05) is 62.4 Å². The summed E-state index contributed by atoms with van der Waals surface area (Å²) >= 11 is 1.49. The second-order valence-corrected chi connectivity index (χ2v) is 8.51. The lowest BCUT2D eigenvalue weighted by atomic mass is 10.2. The van der Waals surface area contributed by atoms with E-state index in [2.05, 4.69) is 15.3 Å². The first-order chi connectivity index (χ1) is 16.0. The maximum absolute atomic E-state index is 12.6. The number of ether oxygens (including phenoxy) is 1. The molecule has 0 fully saturated rings. The molecular weight excluding hydrogens is 438 g/mol. The summed E-state index contributed by atoms with van der Waals surface area (Å²) in [5.41, 5.74) is 2.14. The number of nitrogens with zero attached hydrogens (tertiary/aromatic N) is 4. The summed E-state index contributed by atoms with van der Waals surface area (Å²) in [5, 5.41) is 2.91. The Labute approximate surface area is 195 Å². The van der Waals surface area contributed by atoms with Crippen molar-refractivity contribution in [2.75, 3.05) is 11.9 Å². The molecular formula is C24H25N5O3S. The van der Waals surface area contributed by atoms with Gasteiger partial charge in [-0.3, -0.25) is 14.3 Å². The van der Waals surface area contributed by atoms with Gasteiger partial charge in [0, 0.05) is 23.3 Å². The van der Waals surface area contributed by atoms with E-state index in [0.717, 1.165) is 16.9 Å². The monoisotopic (exact) mass is 463 g/mol. The second-order valence-electron chi connectivity index (χ2n) is 7.49. The van der Waals surface area contributed by atoms with Gasteiger partial charge in [-0.25, -0.2) is 4.98 Å². The predicted molar refractivity (Wildman–Crippen MR) is 129 cm³/mol. The van der Waals surface area contributed by atoms with Crippen LogP contribution in [0, 0.1) is 6.92 Å². The van der Waals surface area contributed by atoms with Gasteiger partial charge in [0.1, 0.15) is 12.1 Å². The fourth-order valence-corrected chi connectivity index (χ4v) is 4.26. The molecule has 0 bridgehead atoms. The van der Waals surface area contributed by atoms with Crippen molar-refractivity contribution in [3.8, 4) is 5.75 Å². The Morgan fingerprint density at radius 2 is 1.94 bits per heavy atom. The van der Waals surface area contributed by atoms with E-state index in [0.29, 0.717) is 35.2 Å². The minimum Gasteiger partial charge on any atom is -0.483 e. The highest BCUT2D eigenvalue weighted by molar-refractivity contribution is 7.98. The number of hydrogen-bond acceptors (Lipinski definition) is 6. The highest BCUT2D eigenvalue weighted by atomic mass is 32.2. The number of aromatic nitrogens is 4. The van der Waals surface area contributed by atoms with Crippen LogP contribution in [0.15, 0.2) is 70.6 Å². The molecule has 170 valence electrons. The Kier molecular flexibility index (Phi) is 7.09. The lowest BCUT2D eigenvalue weighted by Gasteiger charge is -2.12. The SMILES string of the molecule is CCCn1cnc2nc(CSc3ccccc3NC(=O)COc3ccccc3C)cc(=O)n21. The molecule has 0 spiro atoms. The number of para-hydroxylation sites is 2. The van der Waals surface area contributed by atoms with Crippen molar-refractivity contribution >= 4 is 29.1 Å². The molecule has 8 nitrogen and oxygen atoms in total. The van der Waals surface area contributed by atoms with Crippen molar-refractivity contribution in [3.63, 3.8) is 0 Å². The van der Waals surface area contributed by atoms with Crippen molar-refractivity contribution in [2.45, 2.75) is 37.5 Å². The Morgan fingerprint density at radius 3 is 2.76 bits per heavy atom. The smallest absolute Gasteiger partial charge is 0.274 e. The number of carbonyl (C=O) groups is 1. The first-order valence-electron chi connectivity index (χ1n) is 10.7. The minimum atomic E-state index is -0.245. The number of nitrogens with one attached hydrogen (secondary N) is 1. The van der Waals surface area contributed by atoms with Crippen LogP contribution in [0.25, 0.3) is 5.78 Å². The third-order valence-corrected chi connectivity index (χ3v) is 6.04. The van der Waals surface area contributed by atoms with Gasteiger partial charge >= 0.3 is 0 Å². The fourth-order valence-electron chi connectivity index (χ4n) is 3.36. The van der Waals surface area contributed by atoms with Crippen molar-refractivity contribution < 1.29 is 9.53 Å². The summed E-state index contributed by atoms with van der Waals surface area (Å²) in [4.78, 5) is 34.7. The van der Waals surface area contributed by atoms with Crippen LogP contribution >= 0.6 is 11.8 Å². The number of aryl methyl sites for hydroxylation is 2. The summed E-state index contributed by atoms with van der Waals surface area (Å²) in [6.07, 6.45) is 2.53. The minimum absolute atomic E-state index is 0.0841. The molecule has 0 saturated heterocycles. The normalized spacial score (nSPS) is 11.0. The highest BCUT2D eigenvalue weighted by Crippen LogP contribution is 2.29. The molecule has 0 atom stereocenters. The molecule has 1 amide bonds. The number of anilines is 1. The fraction of sp³-hybridized carbons (Fsp3) is 0.250. The van der Waals surface area contributed by atoms with E-state index in [9.17, 15) is 9.59 Å². The van der Waals surface area contributed by atoms with Crippen LogP contribution < -0.4 is 15.6 Å². The highest BCUT2D eigenvalue weighted by Gasteiger charge is 2.11. The van der Waals surface area contributed by atoms with Gasteiger partial charge in [0.05, 0.1) is 11.4 Å². The zero-order valence-electron chi connectivity index (χ0n) is 18.5. The number of fused-ring (bicyclic) bond motifs is 1. The standard InChI is InChI=1S/C24H25N5O3S/c1-3-12-28-16-25-24-26-18(13-23(31)29(24)28)15-33-21-11-7-5-9-19(21)27-22(30)14-32-20-10-6-4-8-17(20)2/h4-11,13,16H,3,12,14-15H2,1-2H3,(H,27,30). The third kappa shape index (κ3) is 5.43. The number of amides is 1. The van der Waals surface area contributed by atoms with Gasteiger partial charge in [0.25, 0.3) is 17.2 Å². The molecule has 4 rings (SSSR count). The molecule has 0 saturated carbocycles. The molecule has 2 heterocycles. The lowest BCUT2D eigenvalue weighted by molar-refractivity contribution is -0.118. The Hall–Kier alpha value is -3.59. The molecule has 4 aromatic rings. The Bertz CT molecular complexity index is 1330. The molecule has 0 aliphatic heterocycles. The molecule has 33 heavy (non-hydrogen) atoms. The van der Waals surface area contributed by atoms with Crippen LogP contribution in [0.4, 0.5) is 5.69 Å². The zero-order valence-corrected chi connectivity index (χ0v) is 19.3. The predicted octanol–water partition coefficient (Wildman–Crippen LogP) is 3.92. The third-order valence-electron chi connectivity index (χ3n) is 4.94. The van der Waals surface area contributed by atoms with Crippen molar-refractivity contribution in [3.05, 3.63) is 82.5 Å². The van der Waals surface area contributed by atoms with E-state index >= 15 is 0 Å². The van der Waals surface area contributed by atoms with E-state index in [4.69, 9.17) is 4.74 Å². The number of thioether (sulfide) groups is 1. The molecule has 0 aliphatic rings. The van der Waals surface area contributed by atoms with Crippen LogP contribution in [0.1, 0.15) is 24.6 Å². The molecule has 2 aromatic carbocycles. The van der Waals surface area contributed by atoms with Gasteiger partial charge in [0.15, 0.2) is 6.61 Å². The van der Waals surface area contributed by atoms with Gasteiger partial charge < -0.3 is 10.1 Å². The summed E-state index contributed by atoms with van der Waals surface area (Å²) in [6.45, 7) is 4.59. The summed E-state index contributed by atoms with van der Waals surface area (Å²) in [5.74, 6) is 1.30. The number of rotatable bonds is 9. The van der Waals surface area contributed by atoms with E-state index in [1.54, 1.807) is 11.0 Å². The van der Waals surface area contributed by atoms with Gasteiger partial charge in [-0.05, 0) is 37.1 Å². The molecule has 1 N–H and O–H groups in total. The van der Waals surface area contributed by atoms with Crippen molar-refractivity contribution in [2.24, 2.45) is 0 Å². The maximum Gasteiger partial charge on any atom is 0.274 e. The number of carbonyl (C=O) groups excluding carboxylic acids is 1. The largest absolute Gasteiger partial charge is 0.483 e. The average Bonchev–Trinajstić information content (AvgIpc) is 3.21. The van der Waals surface area contributed by atoms with Crippen LogP contribution in [-0.4, -0.2) is 31.7 Å². The number of hydrogen-bond donors (Lipinski definition) is 1. The zero-order chi connectivity index (χ0) is 23.2. The van der Waals surface area contributed by atoms with Crippen LogP contribution in [0.5, 0.6) is 5.75 Å². The average molecular weight is 464 g/mol. The van der Waals surface area contributed by atoms with Crippen molar-refractivity contribution in [1.82, 2.24) is 19.2 Å². The van der Waals surface area contributed by atoms with Gasteiger partial charge in [-0.2, -0.15) is 9.50 Å². The summed E-state index contributed by atoms with van der Waals surface area (Å²) < 4.78 is 8.89. The quantitative estimate of drug-likeness (QED) is 0.379. The first kappa shape index (κ1) is 22.6. The van der Waals surface area contributed by atoms with Crippen LogP contribution in [-0.2, 0) is 17.1 Å². The van der Waals surface area contributed by atoms with E-state index in [-0.39, 0.29) is 18.1 Å². The van der Waals surface area contributed by atoms with Crippen molar-refractivity contribution in [1.29, 1.82) is 0 Å².